The van der Waals surface area contributed by atoms with Crippen LogP contribution >= 0.6 is 0 Å². The number of pyridine rings is 2. The number of carbonyl (C=O) groups is 2. The number of primary amides is 1. The number of carbonyl (C=O) groups excluding carboxylic acids is 2. The Hall–Kier alpha value is -4.79. The van der Waals surface area contributed by atoms with Gasteiger partial charge in [-0.15, -0.1) is 0 Å². The Morgan fingerprint density at radius 1 is 1.13 bits per heavy atom. The van der Waals surface area contributed by atoms with Gasteiger partial charge in [0.25, 0.3) is 11.6 Å². The second-order valence-corrected chi connectivity index (χ2v) is 10.4. The van der Waals surface area contributed by atoms with E-state index in [4.69, 9.17) is 10.5 Å². The summed E-state index contributed by atoms with van der Waals surface area (Å²) in [7, 11) is 0. The maximum atomic E-state index is 15.7. The van der Waals surface area contributed by atoms with Crippen molar-refractivity contribution < 1.29 is 54.9 Å². The van der Waals surface area contributed by atoms with Crippen molar-refractivity contribution in [2.75, 3.05) is 6.61 Å². The van der Waals surface area contributed by atoms with Gasteiger partial charge in [0.2, 0.25) is 5.60 Å². The zero-order valence-corrected chi connectivity index (χ0v) is 23.1. The molecule has 0 saturated carbocycles. The summed E-state index contributed by atoms with van der Waals surface area (Å²) < 4.78 is 109. The van der Waals surface area contributed by atoms with Crippen molar-refractivity contribution in [2.24, 2.45) is 5.73 Å². The number of rotatable bonds is 9. The normalized spacial score (nSPS) is 17.6. The highest BCUT2D eigenvalue weighted by Crippen LogP contribution is 2.49. The summed E-state index contributed by atoms with van der Waals surface area (Å²) >= 11 is 0. The minimum atomic E-state index is -5.52. The molecule has 5 rings (SSSR count). The number of alkyl halides is 6. The summed E-state index contributed by atoms with van der Waals surface area (Å²) in [5.74, 6) is -4.24. The predicted octanol–water partition coefficient (Wildman–Crippen LogP) is 5.80. The molecule has 0 unspecified atom stereocenters. The highest BCUT2D eigenvalue weighted by molar-refractivity contribution is 6.01. The van der Waals surface area contributed by atoms with Crippen molar-refractivity contribution in [3.05, 3.63) is 82.9 Å². The number of aryl methyl sites for hydroxylation is 1. The van der Waals surface area contributed by atoms with Crippen LogP contribution in [0.15, 0.2) is 54.7 Å². The van der Waals surface area contributed by atoms with Crippen LogP contribution in [0.25, 0.3) is 22.2 Å². The molecule has 0 aliphatic carbocycles. The molecule has 0 bridgehead atoms. The largest absolute Gasteiger partial charge is 0.487 e. The molecule has 2 aromatic heterocycles. The van der Waals surface area contributed by atoms with Crippen LogP contribution in [0.5, 0.6) is 11.5 Å². The van der Waals surface area contributed by atoms with E-state index in [1.165, 1.54) is 18.3 Å². The van der Waals surface area contributed by atoms with Crippen molar-refractivity contribution in [3.8, 4) is 22.8 Å². The second kappa shape index (κ2) is 11.3. The minimum absolute atomic E-state index is 0.0220. The molecule has 3 heterocycles. The number of Topliss-reactive ketones (excluding diaryl/α,β-unsaturated/α-hetero) is 1. The standard InChI is InChI=1S/C30H22F7N3O5/c1-14-8-17-9-16(10-21(45-27(32)33)23(17)39-12-14)20(41)6-7-29(43,30(35,36)37)22-11-19-25(44-13-28(19,34)26(38)42)24(40-22)15-2-4-18(31)5-3-15/h2-5,8-12,27,43H,6-7,13H2,1H3,(H2,38,42)/t28-,29+/m1/s1. The number of fused-ring (bicyclic) bond motifs is 2. The monoisotopic (exact) mass is 637 g/mol. The van der Waals surface area contributed by atoms with E-state index < -0.39 is 89.5 Å². The first kappa shape index (κ1) is 31.6. The van der Waals surface area contributed by atoms with Gasteiger partial charge in [0.15, 0.2) is 17.3 Å². The van der Waals surface area contributed by atoms with E-state index in [0.29, 0.717) is 11.6 Å². The first-order valence-corrected chi connectivity index (χ1v) is 13.1. The zero-order valence-electron chi connectivity index (χ0n) is 23.1. The maximum absolute atomic E-state index is 15.7. The van der Waals surface area contributed by atoms with E-state index in [1.54, 1.807) is 6.92 Å². The van der Waals surface area contributed by atoms with Crippen LogP contribution < -0.4 is 15.2 Å². The van der Waals surface area contributed by atoms with Crippen LogP contribution in [-0.2, 0) is 16.1 Å². The van der Waals surface area contributed by atoms with Gasteiger partial charge in [0, 0.05) is 34.7 Å². The lowest BCUT2D eigenvalue weighted by Gasteiger charge is -2.31. The van der Waals surface area contributed by atoms with Crippen LogP contribution in [-0.4, -0.2) is 46.2 Å². The molecule has 1 amide bonds. The Labute approximate surface area is 249 Å². The zero-order chi connectivity index (χ0) is 32.9. The molecule has 236 valence electrons. The molecule has 15 heteroatoms. The third-order valence-electron chi connectivity index (χ3n) is 7.35. The predicted molar refractivity (Wildman–Crippen MR) is 144 cm³/mol. The molecule has 0 fully saturated rings. The van der Waals surface area contributed by atoms with Gasteiger partial charge in [0.05, 0.1) is 5.69 Å². The average molecular weight is 638 g/mol. The summed E-state index contributed by atoms with van der Waals surface area (Å²) in [6, 6.07) is 8.22. The van der Waals surface area contributed by atoms with Crippen LogP contribution in [0.3, 0.4) is 0 Å². The van der Waals surface area contributed by atoms with E-state index in [2.05, 4.69) is 14.7 Å². The van der Waals surface area contributed by atoms with E-state index >= 15 is 4.39 Å². The molecule has 2 aromatic carbocycles. The van der Waals surface area contributed by atoms with E-state index in [0.717, 1.165) is 30.3 Å². The quantitative estimate of drug-likeness (QED) is 0.176. The number of nitrogens with zero attached hydrogens (tertiary/aromatic N) is 2. The summed E-state index contributed by atoms with van der Waals surface area (Å²) in [4.78, 5) is 33.1. The average Bonchev–Trinajstić information content (AvgIpc) is 3.32. The van der Waals surface area contributed by atoms with Gasteiger partial charge in [-0.1, -0.05) is 0 Å². The van der Waals surface area contributed by atoms with Crippen molar-refractivity contribution in [3.63, 3.8) is 0 Å². The van der Waals surface area contributed by atoms with Gasteiger partial charge in [-0.2, -0.15) is 22.0 Å². The van der Waals surface area contributed by atoms with Gasteiger partial charge in [-0.05, 0) is 67.4 Å². The van der Waals surface area contributed by atoms with Crippen molar-refractivity contribution in [2.45, 2.75) is 43.8 Å². The molecule has 1 aliphatic rings. The first-order chi connectivity index (χ1) is 21.0. The number of ketones is 1. The third-order valence-corrected chi connectivity index (χ3v) is 7.35. The lowest BCUT2D eigenvalue weighted by molar-refractivity contribution is -0.270. The van der Waals surface area contributed by atoms with Crippen LogP contribution in [0.4, 0.5) is 30.7 Å². The number of aliphatic hydroxyl groups is 1. The molecule has 4 aromatic rings. The van der Waals surface area contributed by atoms with Crippen molar-refractivity contribution >= 4 is 22.6 Å². The van der Waals surface area contributed by atoms with Crippen LogP contribution in [0, 0.1) is 12.7 Å². The number of ether oxygens (including phenoxy) is 2. The molecule has 45 heavy (non-hydrogen) atoms. The Morgan fingerprint density at radius 2 is 1.82 bits per heavy atom. The van der Waals surface area contributed by atoms with Gasteiger partial charge >= 0.3 is 12.8 Å². The summed E-state index contributed by atoms with van der Waals surface area (Å²) in [5.41, 5.74) is -4.02. The van der Waals surface area contributed by atoms with Gasteiger partial charge in [-0.3, -0.25) is 14.6 Å². The number of hydrogen-bond donors (Lipinski definition) is 2. The second-order valence-electron chi connectivity index (χ2n) is 10.4. The lowest BCUT2D eigenvalue weighted by atomic mass is 9.86. The van der Waals surface area contributed by atoms with Crippen LogP contribution in [0.1, 0.15) is 40.0 Å². The minimum Gasteiger partial charge on any atom is -0.487 e. The number of aromatic nitrogens is 2. The SMILES string of the molecule is Cc1cnc2c(OC(F)F)cc(C(=O)CC[C@](O)(c3cc4c(c(-c5ccc(F)cc5)n3)OC[C@]4(F)C(N)=O)C(F)(F)F)cc2c1. The fraction of sp³-hybridized carbons (Fsp3) is 0.267. The fourth-order valence-electron chi connectivity index (χ4n) is 4.97. The van der Waals surface area contributed by atoms with E-state index in [1.807, 2.05) is 0 Å². The highest BCUT2D eigenvalue weighted by Gasteiger charge is 2.58. The van der Waals surface area contributed by atoms with E-state index in [9.17, 15) is 41.0 Å². The summed E-state index contributed by atoms with van der Waals surface area (Å²) in [6.45, 7) is -2.67. The molecule has 1 aliphatic heterocycles. The smallest absolute Gasteiger partial charge is 0.422 e. The lowest BCUT2D eigenvalue weighted by Crippen LogP contribution is -2.44. The highest BCUT2D eigenvalue weighted by atomic mass is 19.4. The summed E-state index contributed by atoms with van der Waals surface area (Å²) in [5, 5.41) is 11.3. The molecule has 3 N–H and O–H groups in total. The molecule has 8 nitrogen and oxygen atoms in total. The number of amides is 1. The van der Waals surface area contributed by atoms with Crippen LogP contribution in [0.2, 0.25) is 0 Å². The van der Waals surface area contributed by atoms with Gasteiger partial charge in [0.1, 0.15) is 23.6 Å². The van der Waals surface area contributed by atoms with Gasteiger partial charge in [-0.25, -0.2) is 13.8 Å². The number of halogens is 7. The van der Waals surface area contributed by atoms with Crippen molar-refractivity contribution in [1.29, 1.82) is 0 Å². The third kappa shape index (κ3) is 5.75. The van der Waals surface area contributed by atoms with Gasteiger partial charge < -0.3 is 20.3 Å². The Morgan fingerprint density at radius 3 is 2.44 bits per heavy atom. The van der Waals surface area contributed by atoms with Crippen molar-refractivity contribution in [1.82, 2.24) is 9.97 Å². The molecule has 0 spiro atoms. The maximum Gasteiger partial charge on any atom is 0.422 e. The Kier molecular flexibility index (Phi) is 7.93. The molecule has 2 atom stereocenters. The Balaban J connectivity index is 1.58. The Bertz CT molecular complexity index is 1820. The molecule has 0 saturated heterocycles. The summed E-state index contributed by atoms with van der Waals surface area (Å²) in [6.07, 6.45) is -6.53. The fourth-order valence-corrected chi connectivity index (χ4v) is 4.97. The number of nitrogens with two attached hydrogens (primary N) is 1. The molecule has 0 radical (unpaired) electrons. The molecular formula is C30H22F7N3O5. The number of hydrogen-bond acceptors (Lipinski definition) is 7. The topological polar surface area (TPSA) is 125 Å². The number of benzene rings is 2. The van der Waals surface area contributed by atoms with E-state index in [-0.39, 0.29) is 22.0 Å². The first-order valence-electron chi connectivity index (χ1n) is 13.1. The molecular weight excluding hydrogens is 615 g/mol.